The number of aliphatic hydroxyl groups is 1. The molecule has 0 aliphatic carbocycles. The number of non-ortho nitro benzene ring substituents is 1. The van der Waals surface area contributed by atoms with E-state index in [2.05, 4.69) is 20.9 Å². The smallest absolute Gasteiger partial charge is 0.411 e. The van der Waals surface area contributed by atoms with Crippen LogP contribution in [0.25, 0.3) is 0 Å². The van der Waals surface area contributed by atoms with Crippen molar-refractivity contribution < 1.29 is 29.5 Å². The van der Waals surface area contributed by atoms with Crippen LogP contribution in [0, 0.1) is 30.9 Å². The third-order valence-electron chi connectivity index (χ3n) is 5.89. The zero-order valence-electron chi connectivity index (χ0n) is 22.2. The van der Waals surface area contributed by atoms with Gasteiger partial charge in [0.25, 0.3) is 5.69 Å². The minimum atomic E-state index is -1.21. The molecule has 0 aliphatic rings. The molecule has 0 aliphatic heterocycles. The maximum Gasteiger partial charge on any atom is 0.411 e. The van der Waals surface area contributed by atoms with Crippen molar-refractivity contribution in [3.8, 4) is 0 Å². The first-order chi connectivity index (χ1) is 19.1. The number of hydrogen-bond acceptors (Lipinski definition) is 9. The zero-order valence-corrected chi connectivity index (χ0v) is 22.2. The van der Waals surface area contributed by atoms with Gasteiger partial charge in [-0.05, 0) is 73.9 Å². The third kappa shape index (κ3) is 8.23. The van der Waals surface area contributed by atoms with Crippen LogP contribution in [0.5, 0.6) is 0 Å². The van der Waals surface area contributed by atoms with Crippen LogP contribution >= 0.6 is 0 Å². The fourth-order valence-corrected chi connectivity index (χ4v) is 3.76. The Morgan fingerprint density at radius 3 is 2.20 bits per heavy atom. The van der Waals surface area contributed by atoms with Crippen molar-refractivity contribution in [2.45, 2.75) is 20.8 Å². The zero-order chi connectivity index (χ0) is 29.2. The Morgan fingerprint density at radius 1 is 0.925 bits per heavy atom. The van der Waals surface area contributed by atoms with E-state index in [-0.39, 0.29) is 18.9 Å². The first-order valence-electron chi connectivity index (χ1n) is 12.2. The molecule has 0 saturated carbocycles. The average Bonchev–Trinajstić information content (AvgIpc) is 2.89. The monoisotopic (exact) mass is 550 g/mol. The van der Waals surface area contributed by atoms with Crippen LogP contribution < -0.4 is 15.5 Å². The summed E-state index contributed by atoms with van der Waals surface area (Å²) >= 11 is 0. The Balaban J connectivity index is 1.61. The second-order valence-electron chi connectivity index (χ2n) is 8.83. The van der Waals surface area contributed by atoms with Gasteiger partial charge in [0.15, 0.2) is 0 Å². The van der Waals surface area contributed by atoms with E-state index < -0.39 is 17.1 Å². The van der Waals surface area contributed by atoms with E-state index in [9.17, 15) is 24.8 Å². The number of ether oxygens (including phenoxy) is 1. The Kier molecular flexibility index (Phi) is 10.1. The van der Waals surface area contributed by atoms with Crippen LogP contribution in [-0.4, -0.2) is 53.6 Å². The standard InChI is InChI=1S/C27H30N6O7/c1-17-4-5-20(16-25(17)29-26(35)36)28-27(37)40-13-11-32(10-12-34)21-6-8-23(18(2)14-21)30-31-24-9-7-22(33(38)39)15-19(24)3/h4-9,14-16,29,34H,10-13H2,1-3H3,(H,28,37)(H,35,36). The van der Waals surface area contributed by atoms with Crippen LogP contribution in [0.15, 0.2) is 64.8 Å². The molecule has 3 rings (SSSR count). The van der Waals surface area contributed by atoms with Crippen molar-refractivity contribution in [3.05, 3.63) is 81.4 Å². The molecular weight excluding hydrogens is 520 g/mol. The number of anilines is 3. The van der Waals surface area contributed by atoms with Crippen molar-refractivity contribution in [1.82, 2.24) is 0 Å². The highest BCUT2D eigenvalue weighted by Gasteiger charge is 2.12. The molecule has 13 heteroatoms. The molecule has 0 unspecified atom stereocenters. The molecule has 0 bridgehead atoms. The molecular formula is C27H30N6O7. The van der Waals surface area contributed by atoms with E-state index in [1.807, 2.05) is 24.0 Å². The van der Waals surface area contributed by atoms with Gasteiger partial charge in [0.05, 0.1) is 29.4 Å². The number of carbonyl (C=O) groups excluding carboxylic acids is 1. The summed E-state index contributed by atoms with van der Waals surface area (Å²) in [7, 11) is 0. The van der Waals surface area contributed by atoms with Gasteiger partial charge in [-0.3, -0.25) is 20.7 Å². The third-order valence-corrected chi connectivity index (χ3v) is 5.89. The molecule has 210 valence electrons. The van der Waals surface area contributed by atoms with Gasteiger partial charge in [0.1, 0.15) is 6.61 Å². The summed E-state index contributed by atoms with van der Waals surface area (Å²) in [5.74, 6) is 0. The molecule has 4 N–H and O–H groups in total. The molecule has 0 aromatic heterocycles. The van der Waals surface area contributed by atoms with Gasteiger partial charge >= 0.3 is 12.2 Å². The lowest BCUT2D eigenvalue weighted by molar-refractivity contribution is -0.384. The quantitative estimate of drug-likeness (QED) is 0.126. The number of aliphatic hydroxyl groups excluding tert-OH is 1. The van der Waals surface area contributed by atoms with E-state index in [1.165, 1.54) is 18.2 Å². The van der Waals surface area contributed by atoms with Crippen LogP contribution in [0.4, 0.5) is 43.7 Å². The summed E-state index contributed by atoms with van der Waals surface area (Å²) in [6.07, 6.45) is -1.92. The molecule has 3 aromatic rings. The second-order valence-corrected chi connectivity index (χ2v) is 8.83. The minimum absolute atomic E-state index is 0.0141. The van der Waals surface area contributed by atoms with Gasteiger partial charge in [-0.25, -0.2) is 9.59 Å². The molecule has 0 heterocycles. The molecule has 0 spiro atoms. The van der Waals surface area contributed by atoms with Crippen LogP contribution in [0.1, 0.15) is 16.7 Å². The number of amides is 2. The minimum Gasteiger partial charge on any atom is -0.465 e. The van der Waals surface area contributed by atoms with Gasteiger partial charge < -0.3 is 19.8 Å². The SMILES string of the molecule is Cc1cc(N(CCO)CCOC(=O)Nc2ccc(C)c(NC(=O)O)c2)ccc1N=Nc1ccc([N+](=O)[O-])cc1C. The predicted molar refractivity (Wildman–Crippen MR) is 150 cm³/mol. The topological polar surface area (TPSA) is 179 Å². The van der Waals surface area contributed by atoms with Gasteiger partial charge in [0, 0.05) is 35.7 Å². The Labute approximate surface area is 230 Å². The lowest BCUT2D eigenvalue weighted by atomic mass is 10.1. The van der Waals surface area contributed by atoms with Crippen molar-refractivity contribution >= 4 is 46.3 Å². The fraction of sp³-hybridized carbons (Fsp3) is 0.259. The summed E-state index contributed by atoms with van der Waals surface area (Å²) in [6.45, 7) is 5.83. The highest BCUT2D eigenvalue weighted by Crippen LogP contribution is 2.29. The summed E-state index contributed by atoms with van der Waals surface area (Å²) < 4.78 is 5.29. The van der Waals surface area contributed by atoms with Gasteiger partial charge in [0.2, 0.25) is 0 Å². The first-order valence-corrected chi connectivity index (χ1v) is 12.2. The lowest BCUT2D eigenvalue weighted by Crippen LogP contribution is -2.31. The maximum absolute atomic E-state index is 12.3. The Hall–Kier alpha value is -5.04. The summed E-state index contributed by atoms with van der Waals surface area (Å²) in [5.41, 5.74) is 4.76. The van der Waals surface area contributed by atoms with Crippen LogP contribution in [0.3, 0.4) is 0 Å². The molecule has 0 fully saturated rings. The average molecular weight is 551 g/mol. The van der Waals surface area contributed by atoms with Gasteiger partial charge in [-0.2, -0.15) is 10.2 Å². The number of rotatable bonds is 11. The highest BCUT2D eigenvalue weighted by molar-refractivity contribution is 5.89. The number of nitrogens with zero attached hydrogens (tertiary/aromatic N) is 4. The Morgan fingerprint density at radius 2 is 1.60 bits per heavy atom. The summed E-state index contributed by atoms with van der Waals surface area (Å²) in [6, 6.07) is 14.6. The number of benzene rings is 3. The molecule has 0 atom stereocenters. The maximum atomic E-state index is 12.3. The van der Waals surface area contributed by atoms with Crippen molar-refractivity contribution in [1.29, 1.82) is 0 Å². The second kappa shape index (κ2) is 13.7. The first kappa shape index (κ1) is 29.5. The normalized spacial score (nSPS) is 10.8. The predicted octanol–water partition coefficient (Wildman–Crippen LogP) is 6.07. The van der Waals surface area contributed by atoms with E-state index in [4.69, 9.17) is 9.84 Å². The van der Waals surface area contributed by atoms with Gasteiger partial charge in [-0.1, -0.05) is 6.07 Å². The van der Waals surface area contributed by atoms with E-state index in [0.29, 0.717) is 47.0 Å². The molecule has 13 nitrogen and oxygen atoms in total. The molecule has 0 saturated heterocycles. The molecule has 0 radical (unpaired) electrons. The summed E-state index contributed by atoms with van der Waals surface area (Å²) in [5, 5.41) is 42.8. The molecule has 40 heavy (non-hydrogen) atoms. The van der Waals surface area contributed by atoms with Crippen molar-refractivity contribution in [2.24, 2.45) is 10.2 Å². The number of azo groups is 1. The van der Waals surface area contributed by atoms with Crippen LogP contribution in [-0.2, 0) is 4.74 Å². The fourth-order valence-electron chi connectivity index (χ4n) is 3.76. The van der Waals surface area contributed by atoms with Crippen molar-refractivity contribution in [3.63, 3.8) is 0 Å². The number of aryl methyl sites for hydroxylation is 3. The van der Waals surface area contributed by atoms with E-state index in [0.717, 1.165) is 11.3 Å². The largest absolute Gasteiger partial charge is 0.465 e. The number of hydrogen-bond donors (Lipinski definition) is 4. The summed E-state index contributed by atoms with van der Waals surface area (Å²) in [4.78, 5) is 35.5. The number of nitrogens with one attached hydrogen (secondary N) is 2. The molecule has 3 aromatic carbocycles. The number of nitro groups is 1. The lowest BCUT2D eigenvalue weighted by Gasteiger charge is -2.24. The van der Waals surface area contributed by atoms with Gasteiger partial charge in [-0.15, -0.1) is 0 Å². The number of carbonyl (C=O) groups is 2. The van der Waals surface area contributed by atoms with Crippen molar-refractivity contribution in [2.75, 3.05) is 41.8 Å². The van der Waals surface area contributed by atoms with E-state index >= 15 is 0 Å². The number of carboxylic acid groups (broad SMARTS) is 1. The van der Waals surface area contributed by atoms with Crippen LogP contribution in [0.2, 0.25) is 0 Å². The van der Waals surface area contributed by atoms with E-state index in [1.54, 1.807) is 38.1 Å². The molecule has 2 amide bonds. The highest BCUT2D eigenvalue weighted by atomic mass is 16.6. The Bertz CT molecular complexity index is 1430. The number of nitro benzene ring substituents is 1.